The van der Waals surface area contributed by atoms with Crippen LogP contribution in [0.4, 0.5) is 0 Å². The van der Waals surface area contributed by atoms with E-state index in [2.05, 4.69) is 33.7 Å². The van der Waals surface area contributed by atoms with E-state index in [0.29, 0.717) is 17.8 Å². The summed E-state index contributed by atoms with van der Waals surface area (Å²) in [5, 5.41) is 0. The molecule has 1 amide bonds. The van der Waals surface area contributed by atoms with Crippen LogP contribution in [0.1, 0.15) is 61.1 Å². The van der Waals surface area contributed by atoms with Crippen LogP contribution in [0, 0.1) is 0 Å². The molecule has 1 saturated carbocycles. The topological polar surface area (TPSA) is 41.4 Å². The standard InChI is InChI=1S/C24H32N4O/c1-26(2)24(29)22-21-15-19-13-14-20(28(19)18-11-7-4-8-12-18)16-27(21)23(25-22)17-9-5-3-6-10-17/h3,5-6,9-10,18-20H,4,7-8,11-16H2,1-2H3/t19-,20+/m0/s1. The van der Waals surface area contributed by atoms with Crippen LogP contribution in [-0.4, -0.2) is 57.5 Å². The lowest BCUT2D eigenvalue weighted by Gasteiger charge is -2.38. The Labute approximate surface area is 173 Å². The number of amides is 1. The molecule has 5 heteroatoms. The quantitative estimate of drug-likeness (QED) is 0.794. The van der Waals surface area contributed by atoms with Crippen LogP contribution in [0.25, 0.3) is 11.4 Å². The highest BCUT2D eigenvalue weighted by atomic mass is 16.2. The summed E-state index contributed by atoms with van der Waals surface area (Å²) < 4.78 is 2.38. The van der Waals surface area contributed by atoms with Gasteiger partial charge in [0.05, 0.1) is 5.69 Å². The summed E-state index contributed by atoms with van der Waals surface area (Å²) in [5.41, 5.74) is 2.91. The Balaban J connectivity index is 1.57. The number of aromatic nitrogens is 2. The molecule has 5 rings (SSSR count). The molecular formula is C24H32N4O. The molecule has 0 unspecified atom stereocenters. The van der Waals surface area contributed by atoms with Gasteiger partial charge in [-0.15, -0.1) is 0 Å². The first-order valence-corrected chi connectivity index (χ1v) is 11.3. The van der Waals surface area contributed by atoms with Gasteiger partial charge in [-0.3, -0.25) is 9.69 Å². The average molecular weight is 393 g/mol. The van der Waals surface area contributed by atoms with Crippen LogP contribution in [0.15, 0.2) is 30.3 Å². The average Bonchev–Trinajstić information content (AvgIpc) is 3.24. The van der Waals surface area contributed by atoms with Gasteiger partial charge in [0.15, 0.2) is 0 Å². The van der Waals surface area contributed by atoms with E-state index < -0.39 is 0 Å². The number of imidazole rings is 1. The third kappa shape index (κ3) is 3.29. The number of rotatable bonds is 3. The second-order valence-electron chi connectivity index (χ2n) is 9.24. The monoisotopic (exact) mass is 392 g/mol. The fourth-order valence-electron chi connectivity index (χ4n) is 5.86. The Hall–Kier alpha value is -2.14. The van der Waals surface area contributed by atoms with Crippen molar-refractivity contribution < 1.29 is 4.79 Å². The maximum Gasteiger partial charge on any atom is 0.273 e. The van der Waals surface area contributed by atoms with Crippen molar-refractivity contribution in [1.29, 1.82) is 0 Å². The maximum atomic E-state index is 13.0. The van der Waals surface area contributed by atoms with E-state index in [1.54, 1.807) is 4.90 Å². The summed E-state index contributed by atoms with van der Waals surface area (Å²) in [7, 11) is 3.65. The minimum Gasteiger partial charge on any atom is -0.343 e. The van der Waals surface area contributed by atoms with Gasteiger partial charge in [-0.25, -0.2) is 4.98 Å². The van der Waals surface area contributed by atoms with Gasteiger partial charge in [0.1, 0.15) is 11.5 Å². The lowest BCUT2D eigenvalue weighted by atomic mass is 9.92. The molecule has 29 heavy (non-hydrogen) atoms. The van der Waals surface area contributed by atoms with E-state index in [1.807, 2.05) is 20.2 Å². The summed E-state index contributed by atoms with van der Waals surface area (Å²) in [5.74, 6) is 0.986. The molecule has 0 N–H and O–H groups in total. The third-order valence-electron chi connectivity index (χ3n) is 7.21. The Morgan fingerprint density at radius 1 is 0.966 bits per heavy atom. The van der Waals surface area contributed by atoms with E-state index >= 15 is 0 Å². The molecule has 2 aromatic rings. The molecule has 0 radical (unpaired) electrons. The van der Waals surface area contributed by atoms with Gasteiger partial charge in [0.2, 0.25) is 0 Å². The summed E-state index contributed by atoms with van der Waals surface area (Å²) in [4.78, 5) is 22.4. The Kier molecular flexibility index (Phi) is 4.94. The van der Waals surface area contributed by atoms with Crippen LogP contribution in [0.3, 0.4) is 0 Å². The van der Waals surface area contributed by atoms with Crippen LogP contribution < -0.4 is 0 Å². The highest BCUT2D eigenvalue weighted by molar-refractivity contribution is 5.94. The van der Waals surface area contributed by atoms with Crippen LogP contribution in [-0.2, 0) is 13.0 Å². The van der Waals surface area contributed by atoms with Crippen LogP contribution in [0.5, 0.6) is 0 Å². The number of hydrogen-bond acceptors (Lipinski definition) is 3. The molecule has 2 atom stereocenters. The molecule has 1 aromatic heterocycles. The SMILES string of the molecule is CN(C)C(=O)c1nc(-c2ccccc2)n2c1C[C@@H]1CC[C@H](C2)N1C1CCCCC1. The molecule has 5 nitrogen and oxygen atoms in total. The Bertz CT molecular complexity index is 882. The van der Waals surface area contributed by atoms with Gasteiger partial charge in [-0.2, -0.15) is 0 Å². The van der Waals surface area contributed by atoms with Crippen molar-refractivity contribution >= 4 is 5.91 Å². The number of carbonyl (C=O) groups excluding carboxylic acids is 1. The first kappa shape index (κ1) is 18.9. The zero-order valence-electron chi connectivity index (χ0n) is 17.7. The Morgan fingerprint density at radius 3 is 2.41 bits per heavy atom. The molecule has 1 aliphatic carbocycles. The largest absolute Gasteiger partial charge is 0.343 e. The second kappa shape index (κ2) is 7.60. The molecule has 2 fully saturated rings. The van der Waals surface area contributed by atoms with Crippen molar-refractivity contribution in [1.82, 2.24) is 19.4 Å². The molecule has 3 aliphatic rings. The van der Waals surface area contributed by atoms with Crippen molar-refractivity contribution in [3.63, 3.8) is 0 Å². The van der Waals surface area contributed by atoms with Crippen molar-refractivity contribution in [2.75, 3.05) is 14.1 Å². The first-order chi connectivity index (χ1) is 14.1. The van der Waals surface area contributed by atoms with Crippen molar-refractivity contribution in [2.24, 2.45) is 0 Å². The highest BCUT2D eigenvalue weighted by Gasteiger charge is 2.43. The molecule has 0 spiro atoms. The minimum atomic E-state index is 0.0259. The molecule has 1 aromatic carbocycles. The lowest BCUT2D eigenvalue weighted by Crippen LogP contribution is -2.45. The van der Waals surface area contributed by atoms with E-state index in [0.717, 1.165) is 36.1 Å². The van der Waals surface area contributed by atoms with E-state index in [-0.39, 0.29) is 5.91 Å². The molecular weight excluding hydrogens is 360 g/mol. The number of benzene rings is 1. The van der Waals surface area contributed by atoms with E-state index in [9.17, 15) is 4.79 Å². The zero-order valence-corrected chi connectivity index (χ0v) is 17.7. The van der Waals surface area contributed by atoms with Gasteiger partial charge in [-0.05, 0) is 25.7 Å². The molecule has 154 valence electrons. The number of nitrogens with zero attached hydrogens (tertiary/aromatic N) is 4. The van der Waals surface area contributed by atoms with Gasteiger partial charge in [-0.1, -0.05) is 49.6 Å². The fourth-order valence-corrected chi connectivity index (χ4v) is 5.86. The predicted molar refractivity (Wildman–Crippen MR) is 115 cm³/mol. The maximum absolute atomic E-state index is 13.0. The van der Waals surface area contributed by atoms with Crippen molar-refractivity contribution in [2.45, 2.75) is 76.0 Å². The molecule has 3 heterocycles. The van der Waals surface area contributed by atoms with Gasteiger partial charge in [0, 0.05) is 50.7 Å². The first-order valence-electron chi connectivity index (χ1n) is 11.3. The normalized spacial score (nSPS) is 24.9. The minimum absolute atomic E-state index is 0.0259. The van der Waals surface area contributed by atoms with Gasteiger partial charge in [0.25, 0.3) is 5.91 Å². The van der Waals surface area contributed by atoms with E-state index in [4.69, 9.17) is 4.98 Å². The van der Waals surface area contributed by atoms with Crippen molar-refractivity contribution in [3.8, 4) is 11.4 Å². The summed E-state index contributed by atoms with van der Waals surface area (Å²) in [6.45, 7) is 0.959. The summed E-state index contributed by atoms with van der Waals surface area (Å²) in [6.07, 6.45) is 10.3. The van der Waals surface area contributed by atoms with Crippen LogP contribution in [0.2, 0.25) is 0 Å². The van der Waals surface area contributed by atoms with Crippen LogP contribution >= 0.6 is 0 Å². The number of fused-ring (bicyclic) bond motifs is 3. The lowest BCUT2D eigenvalue weighted by molar-refractivity contribution is 0.0820. The molecule has 1 saturated heterocycles. The number of hydrogen-bond donors (Lipinski definition) is 0. The smallest absolute Gasteiger partial charge is 0.273 e. The summed E-state index contributed by atoms with van der Waals surface area (Å²) >= 11 is 0. The Morgan fingerprint density at radius 2 is 1.69 bits per heavy atom. The molecule has 2 bridgehead atoms. The van der Waals surface area contributed by atoms with Gasteiger partial charge >= 0.3 is 0 Å². The van der Waals surface area contributed by atoms with E-state index in [1.165, 1.54) is 44.9 Å². The highest BCUT2D eigenvalue weighted by Crippen LogP contribution is 2.39. The third-order valence-corrected chi connectivity index (χ3v) is 7.21. The predicted octanol–water partition coefficient (Wildman–Crippen LogP) is 3.97. The van der Waals surface area contributed by atoms with Crippen molar-refractivity contribution in [3.05, 3.63) is 41.7 Å². The molecule has 2 aliphatic heterocycles. The second-order valence-corrected chi connectivity index (χ2v) is 9.24. The summed E-state index contributed by atoms with van der Waals surface area (Å²) in [6, 6.07) is 12.2. The number of carbonyl (C=O) groups is 1. The van der Waals surface area contributed by atoms with Gasteiger partial charge < -0.3 is 9.47 Å². The zero-order chi connectivity index (χ0) is 20.0. The fraction of sp³-hybridized carbons (Fsp3) is 0.583.